The molecule has 2 aromatic rings. The van der Waals surface area contributed by atoms with Crippen LogP contribution in [-0.2, 0) is 16.2 Å². The van der Waals surface area contributed by atoms with Gasteiger partial charge in [-0.15, -0.1) is 0 Å². The molecule has 1 spiro atoms. The third kappa shape index (κ3) is 3.94. The summed E-state index contributed by atoms with van der Waals surface area (Å²) in [5, 5.41) is 3.56. The second kappa shape index (κ2) is 8.53. The number of nitrogens with zero attached hydrogens (tertiary/aromatic N) is 4. The van der Waals surface area contributed by atoms with Crippen LogP contribution in [0.2, 0.25) is 0 Å². The van der Waals surface area contributed by atoms with Crippen molar-refractivity contribution in [2.75, 3.05) is 38.3 Å². The molecule has 2 aliphatic heterocycles. The standard InChI is InChI=1S/C25H31F2N5O2/c1-23(26,27)21-29-12-20(13-30-21)31-17-24(32(22(31)33)14-18-15-34-16-18)8-10-25(28-2,11-9-24)19-6-4-3-5-7-19/h3-7,12-13,18,28H,8-11,14-17H2,1-2H3/t24-,25+. The average molecular weight is 472 g/mol. The van der Waals surface area contributed by atoms with Crippen molar-refractivity contribution in [3.8, 4) is 0 Å². The Bertz CT molecular complexity index is 1020. The largest absolute Gasteiger partial charge is 0.381 e. The molecule has 0 atom stereocenters. The van der Waals surface area contributed by atoms with E-state index < -0.39 is 11.7 Å². The number of carbonyl (C=O) groups is 1. The van der Waals surface area contributed by atoms with Gasteiger partial charge in [0.2, 0.25) is 0 Å². The van der Waals surface area contributed by atoms with Crippen molar-refractivity contribution in [3.05, 3.63) is 54.1 Å². The maximum Gasteiger partial charge on any atom is 0.325 e. The summed E-state index contributed by atoms with van der Waals surface area (Å²) >= 11 is 0. The first-order valence-electron chi connectivity index (χ1n) is 11.9. The molecule has 34 heavy (non-hydrogen) atoms. The molecule has 2 saturated heterocycles. The van der Waals surface area contributed by atoms with Crippen LogP contribution in [0.3, 0.4) is 0 Å². The molecule has 1 N–H and O–H groups in total. The number of carbonyl (C=O) groups excluding carboxylic acids is 1. The molecule has 0 radical (unpaired) electrons. The monoisotopic (exact) mass is 471 g/mol. The summed E-state index contributed by atoms with van der Waals surface area (Å²) in [6.07, 6.45) is 6.14. The van der Waals surface area contributed by atoms with E-state index in [1.807, 2.05) is 18.0 Å². The lowest BCUT2D eigenvalue weighted by Crippen LogP contribution is -2.57. The van der Waals surface area contributed by atoms with Crippen LogP contribution in [0.5, 0.6) is 0 Å². The van der Waals surface area contributed by atoms with Gasteiger partial charge in [-0.1, -0.05) is 30.3 Å². The predicted molar refractivity (Wildman–Crippen MR) is 124 cm³/mol. The highest BCUT2D eigenvalue weighted by Crippen LogP contribution is 2.47. The molecule has 3 fully saturated rings. The van der Waals surface area contributed by atoms with Crippen LogP contribution in [0.25, 0.3) is 0 Å². The summed E-state index contributed by atoms with van der Waals surface area (Å²) in [6.45, 7) is 3.23. The molecule has 5 rings (SSSR count). The van der Waals surface area contributed by atoms with E-state index in [1.165, 1.54) is 18.0 Å². The van der Waals surface area contributed by atoms with Crippen molar-refractivity contribution in [2.24, 2.45) is 5.92 Å². The molecular formula is C25H31F2N5O2. The van der Waals surface area contributed by atoms with E-state index in [2.05, 4.69) is 39.6 Å². The number of halogens is 2. The summed E-state index contributed by atoms with van der Waals surface area (Å²) in [6, 6.07) is 10.4. The Kier molecular flexibility index (Phi) is 5.80. The van der Waals surface area contributed by atoms with E-state index in [4.69, 9.17) is 4.74 Å². The number of anilines is 1. The number of urea groups is 1. The molecule has 7 nitrogen and oxygen atoms in total. The highest BCUT2D eigenvalue weighted by Gasteiger charge is 2.54. The smallest absolute Gasteiger partial charge is 0.325 e. The van der Waals surface area contributed by atoms with Crippen molar-refractivity contribution >= 4 is 11.7 Å². The highest BCUT2D eigenvalue weighted by molar-refractivity contribution is 5.95. The van der Waals surface area contributed by atoms with Gasteiger partial charge in [0.05, 0.1) is 43.4 Å². The van der Waals surface area contributed by atoms with E-state index in [9.17, 15) is 13.6 Å². The fourth-order valence-corrected chi connectivity index (χ4v) is 5.62. The minimum absolute atomic E-state index is 0.108. The zero-order valence-corrected chi connectivity index (χ0v) is 19.6. The second-order valence-electron chi connectivity index (χ2n) is 9.96. The van der Waals surface area contributed by atoms with Crippen LogP contribution in [0.15, 0.2) is 42.7 Å². The normalized spacial score (nSPS) is 27.9. The van der Waals surface area contributed by atoms with Crippen molar-refractivity contribution in [3.63, 3.8) is 0 Å². The van der Waals surface area contributed by atoms with Gasteiger partial charge in [0, 0.05) is 24.9 Å². The molecule has 1 aromatic carbocycles. The van der Waals surface area contributed by atoms with Crippen molar-refractivity contribution in [1.82, 2.24) is 20.2 Å². The van der Waals surface area contributed by atoms with Gasteiger partial charge in [-0.25, -0.2) is 14.8 Å². The van der Waals surface area contributed by atoms with E-state index in [-0.39, 0.29) is 17.1 Å². The molecular weight excluding hydrogens is 440 g/mol. The zero-order chi connectivity index (χ0) is 24.0. The van der Waals surface area contributed by atoms with Crippen LogP contribution in [0, 0.1) is 5.92 Å². The van der Waals surface area contributed by atoms with Gasteiger partial charge in [0.1, 0.15) is 0 Å². The minimum Gasteiger partial charge on any atom is -0.381 e. The van der Waals surface area contributed by atoms with Crippen molar-refractivity contribution < 1.29 is 18.3 Å². The Morgan fingerprint density at radius 2 is 1.76 bits per heavy atom. The first-order valence-corrected chi connectivity index (χ1v) is 11.9. The summed E-state index contributed by atoms with van der Waals surface area (Å²) in [5.41, 5.74) is 1.26. The second-order valence-corrected chi connectivity index (χ2v) is 9.96. The van der Waals surface area contributed by atoms with Crippen molar-refractivity contribution in [2.45, 2.75) is 49.6 Å². The number of hydrogen-bond donors (Lipinski definition) is 1. The third-order valence-electron chi connectivity index (χ3n) is 7.82. The number of ether oxygens (including phenoxy) is 1. The summed E-state index contributed by atoms with van der Waals surface area (Å²) in [5.74, 6) is -3.34. The fraction of sp³-hybridized carbons (Fsp3) is 0.560. The molecule has 1 aromatic heterocycles. The van der Waals surface area contributed by atoms with E-state index in [1.54, 1.807) is 4.90 Å². The maximum absolute atomic E-state index is 13.6. The van der Waals surface area contributed by atoms with Gasteiger partial charge in [-0.3, -0.25) is 4.90 Å². The van der Waals surface area contributed by atoms with Crippen LogP contribution < -0.4 is 10.2 Å². The molecule has 3 heterocycles. The van der Waals surface area contributed by atoms with Gasteiger partial charge in [0.25, 0.3) is 0 Å². The Morgan fingerprint density at radius 1 is 1.12 bits per heavy atom. The molecule has 1 aliphatic carbocycles. The van der Waals surface area contributed by atoms with E-state index in [0.29, 0.717) is 37.9 Å². The van der Waals surface area contributed by atoms with Gasteiger partial charge >= 0.3 is 12.0 Å². The van der Waals surface area contributed by atoms with E-state index in [0.717, 1.165) is 32.6 Å². The maximum atomic E-state index is 13.6. The molecule has 182 valence electrons. The summed E-state index contributed by atoms with van der Waals surface area (Å²) in [7, 11) is 2.00. The molecule has 9 heteroatoms. The number of nitrogens with one attached hydrogen (secondary N) is 1. The quantitative estimate of drug-likeness (QED) is 0.692. The topological polar surface area (TPSA) is 70.6 Å². The molecule has 3 aliphatic rings. The Balaban J connectivity index is 1.42. The first-order chi connectivity index (χ1) is 16.3. The van der Waals surface area contributed by atoms with Crippen LogP contribution in [0.4, 0.5) is 19.3 Å². The first kappa shape index (κ1) is 23.1. The number of hydrogen-bond acceptors (Lipinski definition) is 5. The number of aromatic nitrogens is 2. The van der Waals surface area contributed by atoms with Gasteiger partial charge in [-0.05, 0) is 38.3 Å². The molecule has 0 bridgehead atoms. The Morgan fingerprint density at radius 3 is 2.29 bits per heavy atom. The van der Waals surface area contributed by atoms with Crippen molar-refractivity contribution in [1.29, 1.82) is 0 Å². The number of benzene rings is 1. The van der Waals surface area contributed by atoms with E-state index >= 15 is 0 Å². The Labute approximate surface area is 198 Å². The predicted octanol–water partition coefficient (Wildman–Crippen LogP) is 3.90. The number of amides is 2. The lowest BCUT2D eigenvalue weighted by atomic mass is 9.69. The lowest BCUT2D eigenvalue weighted by molar-refractivity contribution is -0.0537. The highest BCUT2D eigenvalue weighted by atomic mass is 19.3. The number of rotatable bonds is 6. The number of alkyl halides is 2. The molecule has 2 amide bonds. The van der Waals surface area contributed by atoms with Gasteiger partial charge < -0.3 is 15.0 Å². The van der Waals surface area contributed by atoms with Gasteiger partial charge in [0.15, 0.2) is 5.82 Å². The zero-order valence-electron chi connectivity index (χ0n) is 19.6. The minimum atomic E-state index is -3.12. The van der Waals surface area contributed by atoms with Crippen LogP contribution in [0.1, 0.15) is 44.0 Å². The molecule has 0 unspecified atom stereocenters. The lowest BCUT2D eigenvalue weighted by Gasteiger charge is -2.49. The fourth-order valence-electron chi connectivity index (χ4n) is 5.62. The SMILES string of the molecule is CN[C@]1(c2ccccc2)CC[C@]2(CC1)CN(c1cnc(C(C)(F)F)nc1)C(=O)N2CC1COC1. The summed E-state index contributed by atoms with van der Waals surface area (Å²) in [4.78, 5) is 25.0. The van der Waals surface area contributed by atoms with Crippen LogP contribution >= 0.6 is 0 Å². The summed E-state index contributed by atoms with van der Waals surface area (Å²) < 4.78 is 32.6. The Hall–Kier alpha value is -2.65. The van der Waals surface area contributed by atoms with Crippen LogP contribution in [-0.4, -0.2) is 59.8 Å². The average Bonchev–Trinajstić information content (AvgIpc) is 3.08. The third-order valence-corrected chi connectivity index (χ3v) is 7.82. The molecule has 1 saturated carbocycles. The van der Waals surface area contributed by atoms with Gasteiger partial charge in [-0.2, -0.15) is 8.78 Å².